The first-order valence-corrected chi connectivity index (χ1v) is 13.0. The van der Waals surface area contributed by atoms with Crippen molar-refractivity contribution in [3.63, 3.8) is 0 Å². The largest absolute Gasteiger partial charge is 0.354 e. The number of thiophene rings is 1. The van der Waals surface area contributed by atoms with Gasteiger partial charge in [-0.2, -0.15) is 0 Å². The molecule has 0 aliphatic carbocycles. The molecule has 1 N–H and O–H groups in total. The summed E-state index contributed by atoms with van der Waals surface area (Å²) in [7, 11) is 0. The van der Waals surface area contributed by atoms with Gasteiger partial charge in [0.2, 0.25) is 0 Å². The van der Waals surface area contributed by atoms with Crippen LogP contribution in [-0.4, -0.2) is 0 Å². The van der Waals surface area contributed by atoms with Gasteiger partial charge < -0.3 is 5.32 Å². The molecule has 170 valence electrons. The van der Waals surface area contributed by atoms with E-state index in [1.54, 1.807) is 0 Å². The Kier molecular flexibility index (Phi) is 5.04. The number of nitrogens with one attached hydrogen (secondary N) is 1. The molecule has 0 unspecified atom stereocenters. The number of benzene rings is 6. The summed E-state index contributed by atoms with van der Waals surface area (Å²) in [5, 5.41) is 8.93. The summed E-state index contributed by atoms with van der Waals surface area (Å²) in [6.45, 7) is 0. The molecular weight excluding hydrogens is 454 g/mol. The predicted molar refractivity (Wildman–Crippen MR) is 157 cm³/mol. The second-order valence-corrected chi connectivity index (χ2v) is 10.1. The van der Waals surface area contributed by atoms with E-state index < -0.39 is 0 Å². The molecule has 2 heteroatoms. The van der Waals surface area contributed by atoms with Gasteiger partial charge in [-0.25, -0.2) is 0 Å². The monoisotopic (exact) mass is 477 g/mol. The zero-order chi connectivity index (χ0) is 23.9. The van der Waals surface area contributed by atoms with Crippen molar-refractivity contribution in [2.75, 3.05) is 5.32 Å². The van der Waals surface area contributed by atoms with Gasteiger partial charge in [0, 0.05) is 26.7 Å². The van der Waals surface area contributed by atoms with Gasteiger partial charge in [-0.15, -0.1) is 11.3 Å². The van der Waals surface area contributed by atoms with Crippen molar-refractivity contribution in [3.05, 3.63) is 133 Å². The van der Waals surface area contributed by atoms with Crippen molar-refractivity contribution in [2.24, 2.45) is 0 Å². The Hall–Kier alpha value is -4.40. The van der Waals surface area contributed by atoms with Crippen LogP contribution in [0.5, 0.6) is 0 Å². The molecule has 0 saturated heterocycles. The lowest BCUT2D eigenvalue weighted by Gasteiger charge is -2.14. The fraction of sp³-hybridized carbons (Fsp3) is 0. The summed E-state index contributed by atoms with van der Waals surface area (Å²) in [6.07, 6.45) is 0. The average Bonchev–Trinajstić information content (AvgIpc) is 3.34. The van der Waals surface area contributed by atoms with Crippen molar-refractivity contribution in [3.8, 4) is 22.3 Å². The zero-order valence-electron chi connectivity index (χ0n) is 19.6. The third-order valence-corrected chi connectivity index (χ3v) is 8.07. The maximum absolute atomic E-state index is 3.79. The molecule has 0 radical (unpaired) electrons. The van der Waals surface area contributed by atoms with Crippen molar-refractivity contribution in [1.29, 1.82) is 0 Å². The van der Waals surface area contributed by atoms with E-state index in [-0.39, 0.29) is 0 Å². The third-order valence-electron chi connectivity index (χ3n) is 6.86. The average molecular weight is 478 g/mol. The van der Waals surface area contributed by atoms with Crippen LogP contribution < -0.4 is 5.32 Å². The smallest absolute Gasteiger partial charge is 0.0590 e. The van der Waals surface area contributed by atoms with E-state index >= 15 is 0 Å². The van der Waals surface area contributed by atoms with E-state index in [4.69, 9.17) is 0 Å². The SMILES string of the molecule is c1ccc(-c2cccc3sc4c(Nc5ccccc5-c5ccc6ccccc6c5)cccc4c23)cc1. The number of rotatable bonds is 4. The first-order valence-electron chi connectivity index (χ1n) is 12.2. The Morgan fingerprint density at radius 1 is 0.472 bits per heavy atom. The number of anilines is 2. The number of para-hydroxylation sites is 1. The quantitative estimate of drug-likeness (QED) is 0.266. The molecule has 0 aliphatic heterocycles. The molecule has 0 spiro atoms. The fourth-order valence-corrected chi connectivity index (χ4v) is 6.35. The van der Waals surface area contributed by atoms with Crippen LogP contribution in [0.2, 0.25) is 0 Å². The van der Waals surface area contributed by atoms with Gasteiger partial charge >= 0.3 is 0 Å². The lowest BCUT2D eigenvalue weighted by molar-refractivity contribution is 1.57. The standard InChI is InChI=1S/C34H23NS/c1-2-11-24(12-3-1)28-15-9-19-32-33(28)29-16-8-18-31(34(29)36-32)35-30-17-7-6-14-27(30)26-21-20-23-10-4-5-13-25(23)22-26/h1-22,35H. The predicted octanol–water partition coefficient (Wildman–Crippen LogP) is 10.3. The van der Waals surface area contributed by atoms with E-state index in [2.05, 4.69) is 139 Å². The van der Waals surface area contributed by atoms with E-state index in [1.807, 2.05) is 11.3 Å². The second kappa shape index (κ2) is 8.67. The molecule has 36 heavy (non-hydrogen) atoms. The van der Waals surface area contributed by atoms with Crippen LogP contribution in [0.25, 0.3) is 53.2 Å². The second-order valence-electron chi connectivity index (χ2n) is 9.06. The molecule has 6 aromatic carbocycles. The maximum atomic E-state index is 3.79. The Balaban J connectivity index is 1.36. The normalized spacial score (nSPS) is 11.3. The Labute approximate surface area is 214 Å². The van der Waals surface area contributed by atoms with Gasteiger partial charge in [-0.05, 0) is 51.7 Å². The van der Waals surface area contributed by atoms with E-state index in [1.165, 1.54) is 53.2 Å². The molecule has 7 rings (SSSR count). The number of fused-ring (bicyclic) bond motifs is 4. The summed E-state index contributed by atoms with van der Waals surface area (Å²) >= 11 is 1.86. The van der Waals surface area contributed by atoms with Gasteiger partial charge in [-0.1, -0.05) is 109 Å². The molecule has 1 aromatic heterocycles. The first-order chi connectivity index (χ1) is 17.8. The lowest BCUT2D eigenvalue weighted by Crippen LogP contribution is -1.93. The van der Waals surface area contributed by atoms with E-state index in [9.17, 15) is 0 Å². The van der Waals surface area contributed by atoms with Gasteiger partial charge in [0.1, 0.15) is 0 Å². The van der Waals surface area contributed by atoms with Gasteiger partial charge in [-0.3, -0.25) is 0 Å². The van der Waals surface area contributed by atoms with Crippen molar-refractivity contribution >= 4 is 53.7 Å². The maximum Gasteiger partial charge on any atom is 0.0590 e. The van der Waals surface area contributed by atoms with Crippen molar-refractivity contribution < 1.29 is 0 Å². The summed E-state index contributed by atoms with van der Waals surface area (Å²) in [5.74, 6) is 0. The van der Waals surface area contributed by atoms with E-state index in [0.29, 0.717) is 0 Å². The van der Waals surface area contributed by atoms with Crippen LogP contribution in [0.15, 0.2) is 133 Å². The summed E-state index contributed by atoms with van der Waals surface area (Å²) in [6, 6.07) is 47.8. The molecular formula is C34H23NS. The minimum Gasteiger partial charge on any atom is -0.354 e. The molecule has 0 fully saturated rings. The Bertz CT molecular complexity index is 1860. The van der Waals surface area contributed by atoms with Crippen LogP contribution in [0.4, 0.5) is 11.4 Å². The van der Waals surface area contributed by atoms with Gasteiger partial charge in [0.25, 0.3) is 0 Å². The number of hydrogen-bond acceptors (Lipinski definition) is 2. The fourth-order valence-electron chi connectivity index (χ4n) is 5.15. The first kappa shape index (κ1) is 20.9. The molecule has 0 saturated carbocycles. The van der Waals surface area contributed by atoms with Crippen molar-refractivity contribution in [2.45, 2.75) is 0 Å². The van der Waals surface area contributed by atoms with Crippen LogP contribution in [0, 0.1) is 0 Å². The zero-order valence-corrected chi connectivity index (χ0v) is 20.4. The van der Waals surface area contributed by atoms with Crippen LogP contribution in [-0.2, 0) is 0 Å². The van der Waals surface area contributed by atoms with E-state index in [0.717, 1.165) is 11.4 Å². The third kappa shape index (κ3) is 3.55. The molecule has 7 aromatic rings. The minimum absolute atomic E-state index is 1.11. The summed E-state index contributed by atoms with van der Waals surface area (Å²) < 4.78 is 2.59. The molecule has 0 aliphatic rings. The molecule has 1 heterocycles. The summed E-state index contributed by atoms with van der Waals surface area (Å²) in [5.41, 5.74) is 7.20. The highest BCUT2D eigenvalue weighted by atomic mass is 32.1. The van der Waals surface area contributed by atoms with Gasteiger partial charge in [0.05, 0.1) is 10.4 Å². The minimum atomic E-state index is 1.11. The van der Waals surface area contributed by atoms with Crippen LogP contribution in [0.1, 0.15) is 0 Å². The topological polar surface area (TPSA) is 12.0 Å². The van der Waals surface area contributed by atoms with Crippen LogP contribution in [0.3, 0.4) is 0 Å². The highest BCUT2D eigenvalue weighted by molar-refractivity contribution is 7.26. The number of hydrogen-bond donors (Lipinski definition) is 1. The highest BCUT2D eigenvalue weighted by Crippen LogP contribution is 2.44. The molecule has 1 nitrogen and oxygen atoms in total. The molecule has 0 atom stereocenters. The molecule has 0 bridgehead atoms. The lowest BCUT2D eigenvalue weighted by atomic mass is 9.99. The Morgan fingerprint density at radius 2 is 1.19 bits per heavy atom. The van der Waals surface area contributed by atoms with Gasteiger partial charge in [0.15, 0.2) is 0 Å². The summed E-state index contributed by atoms with van der Waals surface area (Å²) in [4.78, 5) is 0. The highest BCUT2D eigenvalue weighted by Gasteiger charge is 2.14. The van der Waals surface area contributed by atoms with Crippen LogP contribution >= 0.6 is 11.3 Å². The van der Waals surface area contributed by atoms with Crippen molar-refractivity contribution in [1.82, 2.24) is 0 Å². The molecule has 0 amide bonds. The Morgan fingerprint density at radius 3 is 2.11 bits per heavy atom.